The molecule has 0 nitrogen and oxygen atoms in total. The highest BCUT2D eigenvalue weighted by molar-refractivity contribution is 8.46. The molecule has 76 heavy (non-hydrogen) atoms. The predicted octanol–water partition coefficient (Wildman–Crippen LogP) is 27.3. The van der Waals surface area contributed by atoms with Gasteiger partial charge in [-0.25, -0.2) is 0 Å². The van der Waals surface area contributed by atoms with Crippen molar-refractivity contribution in [2.24, 2.45) is 0 Å². The van der Waals surface area contributed by atoms with E-state index in [-0.39, 0.29) is 0 Å². The lowest BCUT2D eigenvalue weighted by atomic mass is 9.89. The van der Waals surface area contributed by atoms with Crippen molar-refractivity contribution in [3.63, 3.8) is 0 Å². The fourth-order valence-corrected chi connectivity index (χ4v) is 43.7. The van der Waals surface area contributed by atoms with E-state index in [1.807, 2.05) is 282 Å². The van der Waals surface area contributed by atoms with E-state index in [2.05, 4.69) is 143 Å². The van der Waals surface area contributed by atoms with Crippen molar-refractivity contribution >= 4 is 329 Å². The molecule has 0 spiro atoms. The molecule has 0 fully saturated rings. The van der Waals surface area contributed by atoms with Gasteiger partial charge in [0.05, 0.1) is 84.7 Å². The van der Waals surface area contributed by atoms with Gasteiger partial charge in [-0.1, -0.05) is 212 Å². The van der Waals surface area contributed by atoms with E-state index < -0.39 is 0 Å². The second-order valence-electron chi connectivity index (χ2n) is 15.3. The first kappa shape index (κ1) is 66.3. The van der Waals surface area contributed by atoms with Crippen molar-refractivity contribution in [1.29, 1.82) is 0 Å². The van der Waals surface area contributed by atoms with E-state index in [0.29, 0.717) is 11.8 Å². The molecular formula is C48H50S28. The molecule has 0 amide bonds. The Bertz CT molecular complexity index is 2300. The molecule has 0 saturated heterocycles. The zero-order valence-electron chi connectivity index (χ0n) is 41.9. The molecule has 0 unspecified atom stereocenters. The Labute approximate surface area is 572 Å². The molecular weight excluding hydrogens is 1470 g/mol. The van der Waals surface area contributed by atoms with Gasteiger partial charge in [-0.05, 0) is 143 Å². The summed E-state index contributed by atoms with van der Waals surface area (Å²) in [6.45, 7) is 0. The molecule has 9 rings (SSSR count). The van der Waals surface area contributed by atoms with Gasteiger partial charge in [0.1, 0.15) is 0 Å². The highest BCUT2D eigenvalue weighted by Gasteiger charge is 2.31. The van der Waals surface area contributed by atoms with E-state index in [4.69, 9.17) is 0 Å². The average Bonchev–Trinajstić information content (AvgIpc) is 4.31. The van der Waals surface area contributed by atoms with E-state index in [9.17, 15) is 0 Å². The molecule has 410 valence electrons. The maximum Gasteiger partial charge on any atom is 0.0717 e. The highest BCUT2D eigenvalue weighted by Crippen LogP contribution is 2.67. The molecule has 0 radical (unpaired) electrons. The first-order valence-corrected chi connectivity index (χ1v) is 49.8. The summed E-state index contributed by atoms with van der Waals surface area (Å²) in [7, 11) is 0. The number of hydrogen-bond donors (Lipinski definition) is 0. The van der Waals surface area contributed by atoms with Gasteiger partial charge in [0.25, 0.3) is 0 Å². The SMILES string of the molecule is CSC1=C(SC)SC(=C2SC=C(SCCC(CCSC3=CSC(=C4SC(SC)=C(SC)S4)S3)c3ccc(C(CCSC4=CSC(=C5SC(SC)=C(SC)S5)S4)CCSC4=CSC(=C5SC(SC)=C(SC)S5)S4)cc3)S2)S1. The van der Waals surface area contributed by atoms with Crippen molar-refractivity contribution in [3.8, 4) is 0 Å². The number of hydrogen-bond acceptors (Lipinski definition) is 28. The zero-order chi connectivity index (χ0) is 53.0. The van der Waals surface area contributed by atoms with Crippen LogP contribution in [0, 0.1) is 0 Å². The van der Waals surface area contributed by atoms with Crippen LogP contribution in [-0.2, 0) is 0 Å². The van der Waals surface area contributed by atoms with Crippen LogP contribution in [0.1, 0.15) is 48.6 Å². The monoisotopic (exact) mass is 1520 g/mol. The molecule has 0 saturated carbocycles. The van der Waals surface area contributed by atoms with Crippen molar-refractivity contribution in [1.82, 2.24) is 0 Å². The lowest BCUT2D eigenvalue weighted by Gasteiger charge is -2.21. The first-order chi connectivity index (χ1) is 37.2. The zero-order valence-corrected chi connectivity index (χ0v) is 64.7. The molecule has 0 bridgehead atoms. The van der Waals surface area contributed by atoms with Gasteiger partial charge in [-0.3, -0.25) is 0 Å². The Hall–Kier alpha value is 5.90. The summed E-state index contributed by atoms with van der Waals surface area (Å²) in [6.07, 6.45) is 22.4. The fourth-order valence-electron chi connectivity index (χ4n) is 7.20. The predicted molar refractivity (Wildman–Crippen MR) is 418 cm³/mol. The van der Waals surface area contributed by atoms with Crippen LogP contribution in [0.4, 0.5) is 0 Å². The summed E-state index contributed by atoms with van der Waals surface area (Å²) in [5, 5.41) is 9.64. The van der Waals surface area contributed by atoms with Crippen LogP contribution in [-0.4, -0.2) is 73.1 Å². The molecule has 8 heterocycles. The maximum atomic E-state index is 2.52. The Morgan fingerprint density at radius 3 is 0.658 bits per heavy atom. The van der Waals surface area contributed by atoms with Crippen molar-refractivity contribution in [2.45, 2.75) is 37.5 Å². The summed E-state index contributed by atoms with van der Waals surface area (Å²) in [6, 6.07) is 10.1. The lowest BCUT2D eigenvalue weighted by molar-refractivity contribution is 0.642. The minimum absolute atomic E-state index is 0.514. The third kappa shape index (κ3) is 18.5. The van der Waals surface area contributed by atoms with Gasteiger partial charge in [-0.15, -0.1) is 141 Å². The molecule has 0 aromatic heterocycles. The number of thioether (sulfide) groups is 28. The van der Waals surface area contributed by atoms with Crippen LogP contribution in [0.25, 0.3) is 0 Å². The van der Waals surface area contributed by atoms with Crippen LogP contribution in [0.2, 0.25) is 0 Å². The van der Waals surface area contributed by atoms with E-state index >= 15 is 0 Å². The van der Waals surface area contributed by atoms with E-state index in [1.54, 1.807) is 0 Å². The minimum Gasteiger partial charge on any atom is -0.121 e. The quantitative estimate of drug-likeness (QED) is 0.0863. The maximum absolute atomic E-state index is 2.52. The smallest absolute Gasteiger partial charge is 0.0717 e. The summed E-state index contributed by atoms with van der Waals surface area (Å²) in [4.78, 5) is 0. The third-order valence-electron chi connectivity index (χ3n) is 10.8. The number of rotatable bonds is 26. The van der Waals surface area contributed by atoms with Gasteiger partial charge in [0.15, 0.2) is 0 Å². The normalized spacial score (nSPS) is 20.4. The second kappa shape index (κ2) is 34.8. The van der Waals surface area contributed by atoms with Crippen LogP contribution in [0.3, 0.4) is 0 Å². The molecule has 0 N–H and O–H groups in total. The van der Waals surface area contributed by atoms with Gasteiger partial charge in [0, 0.05) is 0 Å². The topological polar surface area (TPSA) is 0 Å². The molecule has 28 heteroatoms. The van der Waals surface area contributed by atoms with E-state index in [1.165, 1.54) is 122 Å². The number of benzene rings is 1. The minimum atomic E-state index is 0.514. The van der Waals surface area contributed by atoms with Crippen molar-refractivity contribution < 1.29 is 0 Å². The molecule has 8 aliphatic heterocycles. The Morgan fingerprint density at radius 1 is 0.276 bits per heavy atom. The molecule has 1 aromatic rings. The van der Waals surface area contributed by atoms with Gasteiger partial charge in [-0.2, -0.15) is 0 Å². The lowest BCUT2D eigenvalue weighted by Crippen LogP contribution is -2.05. The fraction of sp³-hybridized carbons (Fsp3) is 0.375. The standard InChI is InChI=1S/C48H50S28/c1-49-33-34(50-2)70-45(69-33)41-61-21-29(65-41)57-17-13-27(14-18-58-30-22-62-42(66-30)46-71-35(51-3)36(52-4)72-46)25-9-11-26(12-10-25)28(15-19-59-31-23-63-43(67-31)47-73-37(53-5)38(54-6)74-47)16-20-60-32-24-64-44(68-32)48-75-39(55-7)40(56-8)76-48/h9-12,21-24,27-28H,13-20H2,1-8H3. The summed E-state index contributed by atoms with van der Waals surface area (Å²) in [5.74, 6) is 5.56. The Morgan fingerprint density at radius 2 is 0.474 bits per heavy atom. The summed E-state index contributed by atoms with van der Waals surface area (Å²) < 4.78 is 29.1. The summed E-state index contributed by atoms with van der Waals surface area (Å²) in [5.41, 5.74) is 3.02. The first-order valence-electron chi connectivity index (χ1n) is 22.7. The molecule has 8 aliphatic rings. The molecule has 0 aliphatic carbocycles. The third-order valence-corrected chi connectivity index (χ3v) is 48.9. The van der Waals surface area contributed by atoms with Crippen LogP contribution >= 0.6 is 329 Å². The summed E-state index contributed by atoms with van der Waals surface area (Å²) >= 11 is 54.8. The van der Waals surface area contributed by atoms with Gasteiger partial charge >= 0.3 is 0 Å². The second-order valence-corrected chi connectivity index (χ2v) is 47.4. The van der Waals surface area contributed by atoms with Crippen LogP contribution in [0.5, 0.6) is 0 Å². The molecule has 1 aromatic carbocycles. The average molecular weight is 1520 g/mol. The van der Waals surface area contributed by atoms with Gasteiger partial charge in [0.2, 0.25) is 0 Å². The molecule has 0 atom stereocenters. The van der Waals surface area contributed by atoms with E-state index in [0.717, 1.165) is 23.0 Å². The Kier molecular flexibility index (Phi) is 30.3. The largest absolute Gasteiger partial charge is 0.121 e. The van der Waals surface area contributed by atoms with Crippen LogP contribution in [0.15, 0.2) is 131 Å². The van der Waals surface area contributed by atoms with Crippen LogP contribution < -0.4 is 0 Å². The highest BCUT2D eigenvalue weighted by atomic mass is 32.3. The van der Waals surface area contributed by atoms with Crippen molar-refractivity contribution in [2.75, 3.05) is 73.1 Å². The Balaban J connectivity index is 0.849. The van der Waals surface area contributed by atoms with Crippen molar-refractivity contribution in [3.05, 3.63) is 142 Å². The van der Waals surface area contributed by atoms with Gasteiger partial charge < -0.3 is 0 Å².